The summed E-state index contributed by atoms with van der Waals surface area (Å²) in [6.45, 7) is 0.623. The van der Waals surface area contributed by atoms with E-state index in [0.717, 1.165) is 24.8 Å². The van der Waals surface area contributed by atoms with Crippen molar-refractivity contribution in [2.45, 2.75) is 64.0 Å². The van der Waals surface area contributed by atoms with Gasteiger partial charge in [0.05, 0.1) is 6.42 Å². The molecular weight excluding hydrogens is 464 g/mol. The Morgan fingerprint density at radius 1 is 1.11 bits per heavy atom. The predicted octanol–water partition coefficient (Wildman–Crippen LogP) is 2.11. The SMILES string of the molecule is O=C(O)C[C@@H](CC1CCC1)C(=O)NC(=O)NC1Cc2ccccccn(c2)CCC(=O)CCNC1=O. The van der Waals surface area contributed by atoms with E-state index >= 15 is 0 Å². The maximum Gasteiger partial charge on any atom is 0.322 e. The molecule has 10 nitrogen and oxygen atoms in total. The molecular formula is C26H34N4O6. The van der Waals surface area contributed by atoms with Crippen LogP contribution in [0.25, 0.3) is 0 Å². The molecule has 4 amide bonds. The second-order valence-corrected chi connectivity index (χ2v) is 9.40. The highest BCUT2D eigenvalue weighted by Crippen LogP contribution is 2.33. The fraction of sp³-hybridized carbons (Fsp3) is 0.500. The number of hydrogen-bond donors (Lipinski definition) is 4. The summed E-state index contributed by atoms with van der Waals surface area (Å²) in [5.41, 5.74) is 0.736. The first-order chi connectivity index (χ1) is 17.3. The molecule has 1 aliphatic heterocycles. The van der Waals surface area contributed by atoms with E-state index in [4.69, 9.17) is 0 Å². The van der Waals surface area contributed by atoms with Crippen LogP contribution < -0.4 is 16.0 Å². The van der Waals surface area contributed by atoms with Crippen LogP contribution >= 0.6 is 0 Å². The number of nitrogens with one attached hydrogen (secondary N) is 3. The summed E-state index contributed by atoms with van der Waals surface area (Å²) in [6, 6.07) is 7.27. The van der Waals surface area contributed by atoms with E-state index in [1.807, 2.05) is 47.3 Å². The van der Waals surface area contributed by atoms with Crippen molar-refractivity contribution in [3.05, 3.63) is 48.3 Å². The van der Waals surface area contributed by atoms with Gasteiger partial charge >= 0.3 is 12.0 Å². The Labute approximate surface area is 210 Å². The Balaban J connectivity index is 1.75. The maximum absolute atomic E-state index is 12.9. The largest absolute Gasteiger partial charge is 0.481 e. The van der Waals surface area contributed by atoms with E-state index in [-0.39, 0.29) is 37.5 Å². The highest BCUT2D eigenvalue weighted by Gasteiger charge is 2.30. The third-order valence-electron chi connectivity index (χ3n) is 6.54. The number of amides is 4. The van der Waals surface area contributed by atoms with Crippen molar-refractivity contribution in [2.24, 2.45) is 11.8 Å². The molecule has 2 aliphatic rings. The number of aromatic nitrogens is 1. The number of ketones is 1. The van der Waals surface area contributed by atoms with Crippen LogP contribution in [0.5, 0.6) is 0 Å². The molecule has 2 heterocycles. The number of Topliss-reactive ketones (excluding diaryl/α,β-unsaturated/α-hetero) is 1. The predicted molar refractivity (Wildman–Crippen MR) is 131 cm³/mol. The minimum atomic E-state index is -1.10. The van der Waals surface area contributed by atoms with Gasteiger partial charge in [-0.25, -0.2) is 4.79 Å². The van der Waals surface area contributed by atoms with E-state index in [9.17, 15) is 29.1 Å². The Bertz CT molecular complexity index is 1030. The third-order valence-corrected chi connectivity index (χ3v) is 6.54. The number of aryl methyl sites for hydroxylation is 1. The molecule has 0 spiro atoms. The topological polar surface area (TPSA) is 147 Å². The average molecular weight is 499 g/mol. The molecule has 0 aromatic carbocycles. The number of carboxylic acid groups (broad SMARTS) is 1. The van der Waals surface area contributed by atoms with E-state index in [1.54, 1.807) is 0 Å². The first kappa shape index (κ1) is 26.9. The van der Waals surface area contributed by atoms with Crippen molar-refractivity contribution in [3.63, 3.8) is 0 Å². The molecule has 194 valence electrons. The molecule has 1 aromatic heterocycles. The molecule has 1 fully saturated rings. The van der Waals surface area contributed by atoms with Crippen molar-refractivity contribution in [2.75, 3.05) is 6.54 Å². The van der Waals surface area contributed by atoms with Gasteiger partial charge in [-0.2, -0.15) is 0 Å². The number of fused-ring (bicyclic) bond motifs is 2. The Morgan fingerprint density at radius 2 is 1.89 bits per heavy atom. The molecule has 2 atom stereocenters. The molecule has 1 aliphatic carbocycles. The van der Waals surface area contributed by atoms with Crippen LogP contribution in [-0.2, 0) is 32.1 Å². The van der Waals surface area contributed by atoms with Gasteiger partial charge in [-0.1, -0.05) is 43.5 Å². The summed E-state index contributed by atoms with van der Waals surface area (Å²) < 4.78 is 1.87. The number of aliphatic carboxylic acids is 1. The quantitative estimate of drug-likeness (QED) is 0.472. The zero-order valence-corrected chi connectivity index (χ0v) is 20.3. The van der Waals surface area contributed by atoms with Crippen molar-refractivity contribution < 1.29 is 29.1 Å². The second kappa shape index (κ2) is 13.4. The van der Waals surface area contributed by atoms with Crippen molar-refractivity contribution in [1.29, 1.82) is 0 Å². The molecule has 0 radical (unpaired) electrons. The van der Waals surface area contributed by atoms with Crippen LogP contribution in [0, 0.1) is 11.8 Å². The molecule has 4 N–H and O–H groups in total. The van der Waals surface area contributed by atoms with Gasteiger partial charge in [-0.05, 0) is 24.0 Å². The smallest absolute Gasteiger partial charge is 0.322 e. The number of imide groups is 1. The number of carboxylic acids is 1. The number of carbonyl (C=O) groups excluding carboxylic acids is 4. The van der Waals surface area contributed by atoms with Crippen molar-refractivity contribution in [3.8, 4) is 0 Å². The van der Waals surface area contributed by atoms with E-state index in [0.29, 0.717) is 19.4 Å². The molecule has 36 heavy (non-hydrogen) atoms. The van der Waals surface area contributed by atoms with Crippen LogP contribution in [0.4, 0.5) is 4.79 Å². The van der Waals surface area contributed by atoms with Gasteiger partial charge in [0.1, 0.15) is 11.8 Å². The summed E-state index contributed by atoms with van der Waals surface area (Å²) in [5.74, 6) is -2.76. The Kier molecular flexibility index (Phi) is 10.0. The molecule has 1 saturated carbocycles. The van der Waals surface area contributed by atoms with Gasteiger partial charge < -0.3 is 20.3 Å². The summed E-state index contributed by atoms with van der Waals surface area (Å²) in [5, 5.41) is 16.7. The normalized spacial score (nSPS) is 19.3. The fourth-order valence-electron chi connectivity index (χ4n) is 4.33. The van der Waals surface area contributed by atoms with Gasteiger partial charge in [-0.15, -0.1) is 0 Å². The molecule has 10 heteroatoms. The average Bonchev–Trinajstić information content (AvgIpc) is 2.89. The maximum atomic E-state index is 12.9. The van der Waals surface area contributed by atoms with E-state index in [1.165, 1.54) is 0 Å². The number of urea groups is 1. The number of rotatable bonds is 6. The highest BCUT2D eigenvalue weighted by atomic mass is 16.4. The molecule has 2 bridgehead atoms. The standard InChI is InChI=1S/C26H34N4O6/c31-21-9-11-27-25(35)22(15-19-6-3-1-2-4-12-30(17-19)13-10-21)28-26(36)29-24(34)20(16-23(32)33)14-18-7-5-8-18/h1-4,6,12,17-18,20,22H,5,7-11,13-16H2,(H,27,35)(H,32,33)(H2,28,29,34,36)/t20-,22?/m1/s1. The van der Waals surface area contributed by atoms with Gasteiger partial charge in [-0.3, -0.25) is 24.5 Å². The third kappa shape index (κ3) is 8.83. The lowest BCUT2D eigenvalue weighted by Gasteiger charge is -2.28. The van der Waals surface area contributed by atoms with Crippen LogP contribution in [0.2, 0.25) is 0 Å². The number of hydrogen-bond acceptors (Lipinski definition) is 5. The number of nitrogens with zero attached hydrogens (tertiary/aromatic N) is 1. The highest BCUT2D eigenvalue weighted by molar-refractivity contribution is 5.98. The minimum Gasteiger partial charge on any atom is -0.481 e. The lowest BCUT2D eigenvalue weighted by molar-refractivity contribution is -0.141. The zero-order valence-electron chi connectivity index (χ0n) is 20.3. The van der Waals surface area contributed by atoms with Gasteiger partial charge in [0.25, 0.3) is 0 Å². The fourth-order valence-corrected chi connectivity index (χ4v) is 4.33. The molecule has 0 saturated heterocycles. The minimum absolute atomic E-state index is 0.00830. The van der Waals surface area contributed by atoms with Crippen LogP contribution in [0.1, 0.15) is 50.5 Å². The Morgan fingerprint density at radius 3 is 2.61 bits per heavy atom. The Hall–Kier alpha value is -3.69. The first-order valence-electron chi connectivity index (χ1n) is 12.4. The lowest BCUT2D eigenvalue weighted by Crippen LogP contribution is -2.53. The van der Waals surface area contributed by atoms with Crippen molar-refractivity contribution in [1.82, 2.24) is 20.5 Å². The van der Waals surface area contributed by atoms with Crippen LogP contribution in [0.3, 0.4) is 0 Å². The summed E-state index contributed by atoms with van der Waals surface area (Å²) in [6.07, 6.45) is 7.33. The van der Waals surface area contributed by atoms with Crippen LogP contribution in [-0.4, -0.2) is 51.9 Å². The van der Waals surface area contributed by atoms with Gasteiger partial charge in [0, 0.05) is 50.7 Å². The van der Waals surface area contributed by atoms with Gasteiger partial charge in [0.15, 0.2) is 0 Å². The summed E-state index contributed by atoms with van der Waals surface area (Å²) in [7, 11) is 0. The molecule has 1 aromatic rings. The second-order valence-electron chi connectivity index (χ2n) is 9.40. The summed E-state index contributed by atoms with van der Waals surface area (Å²) >= 11 is 0. The molecule has 1 unspecified atom stereocenters. The molecule has 3 rings (SSSR count). The summed E-state index contributed by atoms with van der Waals surface area (Å²) in [4.78, 5) is 61.8. The van der Waals surface area contributed by atoms with E-state index in [2.05, 4.69) is 16.0 Å². The van der Waals surface area contributed by atoms with Crippen molar-refractivity contribution >= 4 is 29.6 Å². The van der Waals surface area contributed by atoms with Crippen LogP contribution in [0.15, 0.2) is 42.7 Å². The zero-order chi connectivity index (χ0) is 25.9. The monoisotopic (exact) mass is 498 g/mol. The first-order valence-corrected chi connectivity index (χ1v) is 12.4. The van der Waals surface area contributed by atoms with Gasteiger partial charge in [0.2, 0.25) is 11.8 Å². The lowest BCUT2D eigenvalue weighted by atomic mass is 9.78. The van der Waals surface area contributed by atoms with E-state index < -0.39 is 35.8 Å². The number of carbonyl (C=O) groups is 5.